The number of nitrogens with zero attached hydrogens (tertiary/aromatic N) is 7. The molecule has 0 fully saturated rings. The van der Waals surface area contributed by atoms with Crippen LogP contribution in [0.4, 0.5) is 0 Å². The number of hydrogen-bond acceptors (Lipinski definition) is 11. The second-order valence-electron chi connectivity index (χ2n) is 16.7. The van der Waals surface area contributed by atoms with Crippen molar-refractivity contribution in [2.24, 2.45) is 0 Å². The van der Waals surface area contributed by atoms with E-state index >= 15 is 0 Å². The minimum atomic E-state index is -4.06. The molecule has 366 valence electrons. The molecule has 0 radical (unpaired) electrons. The van der Waals surface area contributed by atoms with Crippen molar-refractivity contribution in [2.75, 3.05) is 0 Å². The van der Waals surface area contributed by atoms with Crippen LogP contribution in [0.5, 0.6) is 0 Å². The highest BCUT2D eigenvalue weighted by Crippen LogP contribution is 2.45. The van der Waals surface area contributed by atoms with Crippen LogP contribution in [0.3, 0.4) is 0 Å². The number of carboxylic acid groups (broad SMARTS) is 1. The van der Waals surface area contributed by atoms with E-state index in [4.69, 9.17) is 21.1 Å². The number of carboxylic acids is 1. The topological polar surface area (TPSA) is 213 Å². The largest absolute Gasteiger partial charge is 0.481 e. The van der Waals surface area contributed by atoms with Crippen molar-refractivity contribution >= 4 is 49.2 Å². The van der Waals surface area contributed by atoms with E-state index in [1.165, 1.54) is 120 Å². The Hall–Kier alpha value is -5.42. The lowest BCUT2D eigenvalue weighted by atomic mass is 9.76. The van der Waals surface area contributed by atoms with Crippen molar-refractivity contribution < 1.29 is 22.9 Å². The van der Waals surface area contributed by atoms with E-state index in [-0.39, 0.29) is 16.7 Å². The molecule has 68 heavy (non-hydrogen) atoms. The van der Waals surface area contributed by atoms with Crippen molar-refractivity contribution in [1.29, 1.82) is 0 Å². The Kier molecular flexibility index (Phi) is 26.3. The molecular weight excluding hydrogens is 918 g/mol. The van der Waals surface area contributed by atoms with E-state index in [0.29, 0.717) is 11.4 Å². The zero-order chi connectivity index (χ0) is 48.7. The number of benzene rings is 4. The van der Waals surface area contributed by atoms with Gasteiger partial charge in [0.25, 0.3) is 10.1 Å². The quantitative estimate of drug-likeness (QED) is 0.0311. The Morgan fingerprint density at radius 2 is 1.22 bits per heavy atom. The number of aromatic amines is 2. The number of nitrogens with one attached hydrogen (secondary N) is 2. The molecule has 3 unspecified atom stereocenters. The summed E-state index contributed by atoms with van der Waals surface area (Å²) in [6, 6.07) is 32.5. The van der Waals surface area contributed by atoms with Gasteiger partial charge in [-0.2, -0.15) is 18.8 Å². The lowest BCUT2D eigenvalue weighted by Crippen LogP contribution is -2.22. The van der Waals surface area contributed by atoms with Crippen LogP contribution in [0.15, 0.2) is 121 Å². The van der Waals surface area contributed by atoms with Gasteiger partial charge in [0, 0.05) is 10.9 Å². The Bertz CT molecular complexity index is 2370. The maximum atomic E-state index is 12.8. The number of aryl methyl sites for hydroxylation is 1. The number of carbonyl (C=O) groups is 1. The first-order valence-electron chi connectivity index (χ1n) is 23.9. The third-order valence-corrected chi connectivity index (χ3v) is 13.9. The van der Waals surface area contributed by atoms with Gasteiger partial charge in [0.2, 0.25) is 0 Å². The second-order valence-corrected chi connectivity index (χ2v) is 19.6. The van der Waals surface area contributed by atoms with Crippen LogP contribution in [0.2, 0.25) is 5.02 Å². The molecule has 0 spiro atoms. The molecule has 4 aromatic carbocycles. The van der Waals surface area contributed by atoms with Crippen molar-refractivity contribution in [3.8, 4) is 0 Å². The Labute approximate surface area is 410 Å². The molecule has 17 heteroatoms. The van der Waals surface area contributed by atoms with E-state index in [1.807, 2.05) is 60.7 Å². The van der Waals surface area contributed by atoms with Crippen LogP contribution in [-0.2, 0) is 21.3 Å². The van der Waals surface area contributed by atoms with Crippen LogP contribution in [0.1, 0.15) is 162 Å². The van der Waals surface area contributed by atoms with E-state index in [0.717, 1.165) is 57.6 Å². The van der Waals surface area contributed by atoms with E-state index in [1.54, 1.807) is 12.1 Å². The average molecular weight is 987 g/mol. The van der Waals surface area contributed by atoms with Crippen molar-refractivity contribution in [1.82, 2.24) is 46.2 Å². The summed E-state index contributed by atoms with van der Waals surface area (Å²) in [5.74, 6) is -1.61. The highest BCUT2D eigenvalue weighted by molar-refractivity contribution is 7.85. The predicted molar refractivity (Wildman–Crippen MR) is 272 cm³/mol. The number of halogens is 1. The molecule has 14 nitrogen and oxygen atoms in total. The molecule has 3 atom stereocenters. The molecule has 7 rings (SSSR count). The first-order chi connectivity index (χ1) is 33.1. The summed E-state index contributed by atoms with van der Waals surface area (Å²) >= 11 is 8.19. The minimum Gasteiger partial charge on any atom is -0.481 e. The Balaban J connectivity index is 0.000000264. The zero-order valence-electron chi connectivity index (χ0n) is 39.4. The highest BCUT2D eigenvalue weighted by atomic mass is 35.5. The van der Waals surface area contributed by atoms with Crippen LogP contribution in [0.25, 0.3) is 10.2 Å². The van der Waals surface area contributed by atoms with Gasteiger partial charge in [0.05, 0.1) is 15.1 Å². The molecule has 3 heterocycles. The van der Waals surface area contributed by atoms with Crippen LogP contribution in [0, 0.1) is 0 Å². The molecule has 3 aromatic heterocycles. The number of aliphatic carboxylic acids is 1. The average Bonchev–Trinajstić information content (AvgIpc) is 4.19. The SMILES string of the molecule is CCCCCCCC(CC(c1ccccc1)C(C(=O)O)c1nc2ccccc2s1)c1ccccc1Cl.CCCCCCCCCCCCc1ccc(S(=O)(=O)O)cc1.c1nn[nH]n1.c1nn[nH]n1. The van der Waals surface area contributed by atoms with Gasteiger partial charge in [-0.1, -0.05) is 199 Å². The van der Waals surface area contributed by atoms with E-state index in [2.05, 4.69) is 73.3 Å². The van der Waals surface area contributed by atoms with Gasteiger partial charge in [0.1, 0.15) is 10.9 Å². The number of fused-ring (bicyclic) bond motifs is 1. The summed E-state index contributed by atoms with van der Waals surface area (Å²) in [5.41, 5.74) is 4.14. The van der Waals surface area contributed by atoms with E-state index in [9.17, 15) is 18.3 Å². The molecule has 0 saturated carbocycles. The fourth-order valence-electron chi connectivity index (χ4n) is 8.05. The number of para-hydroxylation sites is 1. The summed E-state index contributed by atoms with van der Waals surface area (Å²) in [7, 11) is -4.06. The summed E-state index contributed by atoms with van der Waals surface area (Å²) in [4.78, 5) is 17.6. The lowest BCUT2D eigenvalue weighted by Gasteiger charge is -2.28. The molecule has 0 saturated heterocycles. The van der Waals surface area contributed by atoms with E-state index < -0.39 is 22.0 Å². The molecule has 7 aromatic rings. The summed E-state index contributed by atoms with van der Waals surface area (Å²) < 4.78 is 31.8. The standard InChI is InChI=1S/C31H34ClNO2S.C18H30O3S.2CH2N4/c1-2-3-4-5-7-16-23(24-17-10-11-18-26(24)32)21-25(22-14-8-6-9-15-22)29(31(34)35)30-33-27-19-12-13-20-28(27)36-30;1-2-3-4-5-6-7-8-9-10-11-12-17-13-15-18(16-14-17)22(19,20)21;2*1-2-4-5-3-1/h6,8-15,17-20,23,25,29H,2-5,7,16,21H2,1H3,(H,34,35);13-16H,2-12H2,1H3,(H,19,20,21);2*1H,(H,2,3,4,5). The van der Waals surface area contributed by atoms with Gasteiger partial charge in [-0.15, -0.1) is 31.7 Å². The summed E-state index contributed by atoms with van der Waals surface area (Å²) in [5, 5.41) is 36.3. The van der Waals surface area contributed by atoms with Gasteiger partial charge in [-0.3, -0.25) is 9.35 Å². The minimum absolute atomic E-state index is 0.0284. The predicted octanol–water partition coefficient (Wildman–Crippen LogP) is 13.2. The maximum absolute atomic E-state index is 12.8. The third kappa shape index (κ3) is 20.8. The normalized spacial score (nSPS) is 12.4. The number of thiazole rings is 1. The summed E-state index contributed by atoms with van der Waals surface area (Å²) in [6.45, 7) is 4.47. The zero-order valence-corrected chi connectivity index (χ0v) is 41.8. The molecule has 4 N–H and O–H groups in total. The Morgan fingerprint density at radius 3 is 1.74 bits per heavy atom. The molecule has 0 aliphatic carbocycles. The van der Waals surface area contributed by atoms with Crippen molar-refractivity contribution in [3.05, 3.63) is 143 Å². The van der Waals surface area contributed by atoms with Crippen molar-refractivity contribution in [3.63, 3.8) is 0 Å². The first-order valence-corrected chi connectivity index (χ1v) is 26.5. The summed E-state index contributed by atoms with van der Waals surface area (Å²) in [6.07, 6.45) is 24.5. The first kappa shape index (κ1) is 55.2. The third-order valence-electron chi connectivity index (χ3n) is 11.6. The molecule has 0 aliphatic heterocycles. The monoisotopic (exact) mass is 985 g/mol. The highest BCUT2D eigenvalue weighted by Gasteiger charge is 2.36. The maximum Gasteiger partial charge on any atom is 0.314 e. The van der Waals surface area contributed by atoms with Gasteiger partial charge >= 0.3 is 5.97 Å². The molecule has 0 bridgehead atoms. The van der Waals surface area contributed by atoms with Gasteiger partial charge in [-0.25, -0.2) is 4.98 Å². The molecular formula is C51H68ClN9O5S2. The van der Waals surface area contributed by atoms with Crippen molar-refractivity contribution in [2.45, 2.75) is 152 Å². The number of hydrogen-bond donors (Lipinski definition) is 4. The molecule has 0 aliphatic rings. The van der Waals surface area contributed by atoms with Crippen LogP contribution in [-0.4, -0.2) is 70.3 Å². The number of tetrazole rings is 2. The smallest absolute Gasteiger partial charge is 0.314 e. The number of rotatable bonds is 25. The van der Waals surface area contributed by atoms with Crippen LogP contribution < -0.4 is 0 Å². The number of unbranched alkanes of at least 4 members (excludes halogenated alkanes) is 13. The fraction of sp³-hybridized carbons (Fsp3) is 0.451. The van der Waals surface area contributed by atoms with Gasteiger partial charge in [0.15, 0.2) is 12.7 Å². The van der Waals surface area contributed by atoms with Gasteiger partial charge < -0.3 is 5.11 Å². The second kappa shape index (κ2) is 32.4. The fourth-order valence-corrected chi connectivity index (χ4v) is 9.94. The Morgan fingerprint density at radius 1 is 0.676 bits per heavy atom. The number of aromatic nitrogens is 9. The van der Waals surface area contributed by atoms with Gasteiger partial charge in [-0.05, 0) is 78.6 Å². The lowest BCUT2D eigenvalue weighted by molar-refractivity contribution is -0.139. The molecule has 0 amide bonds. The number of H-pyrrole nitrogens is 2. The van der Waals surface area contributed by atoms with Crippen LogP contribution >= 0.6 is 22.9 Å².